The van der Waals surface area contributed by atoms with Gasteiger partial charge in [0.25, 0.3) is 5.91 Å². The Morgan fingerprint density at radius 1 is 1.19 bits per heavy atom. The smallest absolute Gasteiger partial charge is 0.287 e. The van der Waals surface area contributed by atoms with Gasteiger partial charge in [0, 0.05) is 47.7 Å². The van der Waals surface area contributed by atoms with Gasteiger partial charge in [-0.05, 0) is 48.2 Å². The zero-order valence-corrected chi connectivity index (χ0v) is 17.8. The lowest BCUT2D eigenvalue weighted by Gasteiger charge is -2.09. The molecule has 0 aliphatic heterocycles. The summed E-state index contributed by atoms with van der Waals surface area (Å²) >= 11 is 5.99. The fourth-order valence-corrected chi connectivity index (χ4v) is 4.13. The van der Waals surface area contributed by atoms with Gasteiger partial charge in [0.2, 0.25) is 0 Å². The van der Waals surface area contributed by atoms with E-state index in [4.69, 9.17) is 21.1 Å². The van der Waals surface area contributed by atoms with Crippen molar-refractivity contribution in [3.63, 3.8) is 0 Å². The molecule has 4 aromatic rings. The molecule has 0 fully saturated rings. The number of aryl methyl sites for hydroxylation is 2. The standard InChI is InChI=1S/C24H21ClN4O2/c1-15-21-20(31-23(15)24(30)27-12-17-3-2-10-26-11-17)9-6-18-14-29(28-22(18)21)13-16-4-7-19(25)8-5-16/h2-5,7-8,10-11,14H,6,9,12-13H2,1H3,(H,27,30). The number of halogens is 1. The molecular weight excluding hydrogens is 412 g/mol. The molecule has 0 radical (unpaired) electrons. The van der Waals surface area contributed by atoms with E-state index in [0.29, 0.717) is 18.8 Å². The lowest BCUT2D eigenvalue weighted by molar-refractivity contribution is 0.0920. The molecule has 0 bridgehead atoms. The average Bonchev–Trinajstić information content (AvgIpc) is 3.34. The molecule has 1 aromatic carbocycles. The van der Waals surface area contributed by atoms with Gasteiger partial charge in [-0.15, -0.1) is 0 Å². The second-order valence-corrected chi connectivity index (χ2v) is 8.16. The second-order valence-electron chi connectivity index (χ2n) is 7.73. The highest BCUT2D eigenvalue weighted by Crippen LogP contribution is 2.38. The van der Waals surface area contributed by atoms with E-state index >= 15 is 0 Å². The Kier molecular flexibility index (Phi) is 5.08. The fourth-order valence-electron chi connectivity index (χ4n) is 4.00. The van der Waals surface area contributed by atoms with Crippen LogP contribution < -0.4 is 5.32 Å². The van der Waals surface area contributed by atoms with Crippen molar-refractivity contribution in [1.29, 1.82) is 0 Å². The van der Waals surface area contributed by atoms with Gasteiger partial charge in [-0.3, -0.25) is 14.5 Å². The predicted molar refractivity (Wildman–Crippen MR) is 118 cm³/mol. The zero-order chi connectivity index (χ0) is 21.4. The minimum Gasteiger partial charge on any atom is -0.455 e. The number of furan rings is 1. The molecule has 1 aliphatic carbocycles. The van der Waals surface area contributed by atoms with E-state index < -0.39 is 0 Å². The normalized spacial score (nSPS) is 12.3. The summed E-state index contributed by atoms with van der Waals surface area (Å²) in [5.41, 5.74) is 5.92. The number of aromatic nitrogens is 3. The summed E-state index contributed by atoms with van der Waals surface area (Å²) in [6.45, 7) is 2.99. The molecule has 31 heavy (non-hydrogen) atoms. The highest BCUT2D eigenvalue weighted by Gasteiger charge is 2.29. The molecule has 0 spiro atoms. The van der Waals surface area contributed by atoms with Crippen molar-refractivity contribution in [2.45, 2.75) is 32.9 Å². The molecule has 156 valence electrons. The van der Waals surface area contributed by atoms with E-state index in [1.807, 2.05) is 48.0 Å². The highest BCUT2D eigenvalue weighted by atomic mass is 35.5. The first-order valence-electron chi connectivity index (χ1n) is 10.2. The Bertz CT molecular complexity index is 1240. The van der Waals surface area contributed by atoms with Crippen molar-refractivity contribution in [2.75, 3.05) is 0 Å². The lowest BCUT2D eigenvalue weighted by atomic mass is 9.93. The molecule has 6 nitrogen and oxygen atoms in total. The number of hydrogen-bond donors (Lipinski definition) is 1. The number of benzene rings is 1. The van der Waals surface area contributed by atoms with Gasteiger partial charge in [-0.1, -0.05) is 29.8 Å². The van der Waals surface area contributed by atoms with Gasteiger partial charge in [0.15, 0.2) is 5.76 Å². The van der Waals surface area contributed by atoms with Crippen LogP contribution in [0, 0.1) is 6.92 Å². The maximum absolute atomic E-state index is 12.8. The van der Waals surface area contributed by atoms with Crippen LogP contribution in [0.15, 0.2) is 59.4 Å². The minimum absolute atomic E-state index is 0.224. The number of fused-ring (bicyclic) bond motifs is 3. The molecule has 0 saturated carbocycles. The Balaban J connectivity index is 1.39. The Labute approximate surface area is 184 Å². The molecule has 1 aliphatic rings. The number of rotatable bonds is 5. The third-order valence-electron chi connectivity index (χ3n) is 5.56. The third-order valence-corrected chi connectivity index (χ3v) is 5.81. The highest BCUT2D eigenvalue weighted by molar-refractivity contribution is 6.30. The second kappa shape index (κ2) is 8.04. The van der Waals surface area contributed by atoms with E-state index in [9.17, 15) is 4.79 Å². The third kappa shape index (κ3) is 3.86. The van der Waals surface area contributed by atoms with Crippen LogP contribution in [0.3, 0.4) is 0 Å². The number of nitrogens with zero attached hydrogens (tertiary/aromatic N) is 3. The van der Waals surface area contributed by atoms with Crippen molar-refractivity contribution in [2.24, 2.45) is 0 Å². The average molecular weight is 433 g/mol. The molecule has 0 unspecified atom stereocenters. The van der Waals surface area contributed by atoms with Crippen LogP contribution in [0.25, 0.3) is 11.3 Å². The van der Waals surface area contributed by atoms with Crippen LogP contribution >= 0.6 is 11.6 Å². The SMILES string of the molecule is Cc1c(C(=O)NCc2cccnc2)oc2c1-c1nn(Cc3ccc(Cl)cc3)cc1CC2. The Hall–Kier alpha value is -3.38. The molecule has 1 amide bonds. The van der Waals surface area contributed by atoms with Crippen LogP contribution in [-0.2, 0) is 25.9 Å². The first kappa shape index (κ1) is 19.6. The van der Waals surface area contributed by atoms with E-state index in [0.717, 1.165) is 51.6 Å². The van der Waals surface area contributed by atoms with Crippen molar-refractivity contribution in [3.05, 3.63) is 93.8 Å². The van der Waals surface area contributed by atoms with Crippen LogP contribution in [0.2, 0.25) is 5.02 Å². The van der Waals surface area contributed by atoms with Crippen LogP contribution in [0.5, 0.6) is 0 Å². The number of hydrogen-bond acceptors (Lipinski definition) is 4. The largest absolute Gasteiger partial charge is 0.455 e. The maximum Gasteiger partial charge on any atom is 0.287 e. The van der Waals surface area contributed by atoms with E-state index in [1.54, 1.807) is 12.4 Å². The van der Waals surface area contributed by atoms with Gasteiger partial charge in [0.1, 0.15) is 5.76 Å². The van der Waals surface area contributed by atoms with E-state index in [2.05, 4.69) is 16.5 Å². The van der Waals surface area contributed by atoms with Gasteiger partial charge in [0.05, 0.1) is 12.2 Å². The molecule has 1 N–H and O–H groups in total. The van der Waals surface area contributed by atoms with Gasteiger partial charge >= 0.3 is 0 Å². The fraction of sp³-hybridized carbons (Fsp3) is 0.208. The Morgan fingerprint density at radius 2 is 2.03 bits per heavy atom. The summed E-state index contributed by atoms with van der Waals surface area (Å²) in [4.78, 5) is 16.9. The number of carbonyl (C=O) groups excluding carboxylic acids is 1. The molecule has 5 rings (SSSR count). The molecule has 7 heteroatoms. The van der Waals surface area contributed by atoms with Gasteiger partial charge in [-0.2, -0.15) is 5.10 Å². The molecule has 0 atom stereocenters. The summed E-state index contributed by atoms with van der Waals surface area (Å²) < 4.78 is 7.94. The summed E-state index contributed by atoms with van der Waals surface area (Å²) in [5.74, 6) is 0.958. The molecular formula is C24H21ClN4O2. The quantitative estimate of drug-likeness (QED) is 0.501. The van der Waals surface area contributed by atoms with Gasteiger partial charge < -0.3 is 9.73 Å². The van der Waals surface area contributed by atoms with Crippen molar-refractivity contribution in [1.82, 2.24) is 20.1 Å². The number of carbonyl (C=O) groups is 1. The van der Waals surface area contributed by atoms with Crippen molar-refractivity contribution >= 4 is 17.5 Å². The maximum atomic E-state index is 12.8. The van der Waals surface area contributed by atoms with Crippen LogP contribution in [0.1, 0.15) is 38.6 Å². The van der Waals surface area contributed by atoms with E-state index in [1.165, 1.54) is 5.56 Å². The lowest BCUT2D eigenvalue weighted by Crippen LogP contribution is -2.23. The monoisotopic (exact) mass is 432 g/mol. The van der Waals surface area contributed by atoms with Crippen LogP contribution in [0.4, 0.5) is 0 Å². The number of amides is 1. The molecule has 3 aromatic heterocycles. The van der Waals surface area contributed by atoms with Crippen molar-refractivity contribution < 1.29 is 9.21 Å². The molecule has 3 heterocycles. The number of pyridine rings is 1. The summed E-state index contributed by atoms with van der Waals surface area (Å²) in [7, 11) is 0. The van der Waals surface area contributed by atoms with Crippen molar-refractivity contribution in [3.8, 4) is 11.3 Å². The van der Waals surface area contributed by atoms with Crippen LogP contribution in [-0.4, -0.2) is 20.7 Å². The summed E-state index contributed by atoms with van der Waals surface area (Å²) in [5, 5.41) is 8.46. The van der Waals surface area contributed by atoms with E-state index in [-0.39, 0.29) is 5.91 Å². The first-order valence-corrected chi connectivity index (χ1v) is 10.6. The minimum atomic E-state index is -0.224. The first-order chi connectivity index (χ1) is 15.1. The number of nitrogens with one attached hydrogen (secondary N) is 1. The Morgan fingerprint density at radius 3 is 2.81 bits per heavy atom. The molecule has 0 saturated heterocycles. The predicted octanol–water partition coefficient (Wildman–Crippen LogP) is 4.58. The van der Waals surface area contributed by atoms with Gasteiger partial charge in [-0.25, -0.2) is 0 Å². The summed E-state index contributed by atoms with van der Waals surface area (Å²) in [6, 6.07) is 11.5. The topological polar surface area (TPSA) is 73.0 Å². The summed E-state index contributed by atoms with van der Waals surface area (Å²) in [6.07, 6.45) is 7.12. The zero-order valence-electron chi connectivity index (χ0n) is 17.1.